The molecule has 0 aromatic rings. The maximum absolute atomic E-state index is 12.2. The summed E-state index contributed by atoms with van der Waals surface area (Å²) in [5.74, 6) is 0. The van der Waals surface area contributed by atoms with Crippen molar-refractivity contribution in [2.75, 3.05) is 0 Å². The zero-order valence-electron chi connectivity index (χ0n) is 8.55. The Morgan fingerprint density at radius 1 is 0.850 bits per heavy atom. The number of hydrogen-bond acceptors (Lipinski definition) is 2. The summed E-state index contributed by atoms with van der Waals surface area (Å²) in [6.07, 6.45) is -20.1. The largest absolute Gasteiger partial charge is 0.423 e. The third-order valence-corrected chi connectivity index (χ3v) is 1.44. The van der Waals surface area contributed by atoms with Gasteiger partial charge in [-0.2, -0.15) is 53.2 Å². The van der Waals surface area contributed by atoms with Crippen molar-refractivity contribution in [3.63, 3.8) is 0 Å². The highest BCUT2D eigenvalue weighted by Crippen LogP contribution is 2.43. The molecule has 1 atom stereocenters. The van der Waals surface area contributed by atoms with Crippen LogP contribution in [0, 0.1) is 0 Å². The monoisotopic (exact) mass is 326 g/mol. The number of halogens is 11. The molecule has 1 aliphatic rings. The molecule has 118 valence electrons. The first-order valence-corrected chi connectivity index (χ1v) is 4.01. The molecule has 2 nitrogen and oxygen atoms in total. The van der Waals surface area contributed by atoms with Gasteiger partial charge in [0.15, 0.2) is 5.57 Å². The smallest absolute Gasteiger partial charge is 0.305 e. The van der Waals surface area contributed by atoms with Crippen LogP contribution in [-0.4, -0.2) is 18.5 Å². The molecule has 0 saturated heterocycles. The molecule has 1 heterocycles. The van der Waals surface area contributed by atoms with E-state index in [-0.39, 0.29) is 0 Å². The number of hydrogen-bond donors (Lipinski definition) is 0. The molecular formula is C7HF11O2. The summed E-state index contributed by atoms with van der Waals surface area (Å²) in [5, 5.41) is 0. The van der Waals surface area contributed by atoms with Gasteiger partial charge in [0.1, 0.15) is 0 Å². The van der Waals surface area contributed by atoms with Crippen molar-refractivity contribution in [2.45, 2.75) is 18.5 Å². The molecule has 0 bridgehead atoms. The van der Waals surface area contributed by atoms with E-state index in [4.69, 9.17) is 0 Å². The summed E-state index contributed by atoms with van der Waals surface area (Å²) in [6.45, 7) is 0. The van der Waals surface area contributed by atoms with Crippen LogP contribution >= 0.6 is 0 Å². The second-order valence-corrected chi connectivity index (χ2v) is 2.81. The van der Waals surface area contributed by atoms with Crippen LogP contribution in [-0.2, 0) is 9.78 Å². The van der Waals surface area contributed by atoms with Gasteiger partial charge < -0.3 is 4.89 Å². The Balaban J connectivity index is 0.000000511. The van der Waals surface area contributed by atoms with Gasteiger partial charge in [0.25, 0.3) is 0 Å². The van der Waals surface area contributed by atoms with Crippen molar-refractivity contribution >= 4 is 0 Å². The van der Waals surface area contributed by atoms with Gasteiger partial charge in [-0.1, -0.05) is 0 Å². The van der Waals surface area contributed by atoms with Crippen LogP contribution in [0.25, 0.3) is 0 Å². The highest BCUT2D eigenvalue weighted by Gasteiger charge is 2.59. The van der Waals surface area contributed by atoms with Crippen LogP contribution in [0.15, 0.2) is 23.7 Å². The zero-order valence-corrected chi connectivity index (χ0v) is 8.55. The van der Waals surface area contributed by atoms with E-state index >= 15 is 0 Å². The maximum atomic E-state index is 12.2. The van der Waals surface area contributed by atoms with E-state index in [1.165, 1.54) is 0 Å². The van der Waals surface area contributed by atoms with Crippen LogP contribution in [0.3, 0.4) is 0 Å². The van der Waals surface area contributed by atoms with Crippen LogP contribution in [0.4, 0.5) is 48.3 Å². The van der Waals surface area contributed by atoms with Gasteiger partial charge >= 0.3 is 30.5 Å². The lowest BCUT2D eigenvalue weighted by Crippen LogP contribution is -2.35. The highest BCUT2D eigenvalue weighted by molar-refractivity contribution is 5.19. The lowest BCUT2D eigenvalue weighted by molar-refractivity contribution is -0.338. The van der Waals surface area contributed by atoms with Crippen molar-refractivity contribution in [3.05, 3.63) is 23.7 Å². The fraction of sp³-hybridized carbons (Fsp3) is 0.429. The van der Waals surface area contributed by atoms with Gasteiger partial charge in [-0.25, -0.2) is 0 Å². The highest BCUT2D eigenvalue weighted by atomic mass is 19.4. The summed E-state index contributed by atoms with van der Waals surface area (Å²) in [4.78, 5) is 6.28. The molecule has 0 aromatic carbocycles. The molecule has 1 unspecified atom stereocenters. The van der Waals surface area contributed by atoms with E-state index in [9.17, 15) is 48.3 Å². The van der Waals surface area contributed by atoms with Gasteiger partial charge in [-0.3, -0.25) is 0 Å². The lowest BCUT2D eigenvalue weighted by Gasteiger charge is -2.15. The summed E-state index contributed by atoms with van der Waals surface area (Å²) >= 11 is 0. The molecule has 0 spiro atoms. The van der Waals surface area contributed by atoms with Crippen LogP contribution < -0.4 is 0 Å². The van der Waals surface area contributed by atoms with Crippen LogP contribution in [0.1, 0.15) is 0 Å². The summed E-state index contributed by atoms with van der Waals surface area (Å²) in [7, 11) is 0. The summed E-state index contributed by atoms with van der Waals surface area (Å²) in [6, 6.07) is -2.42. The first kappa shape index (κ1) is 18.5. The second-order valence-electron chi connectivity index (χ2n) is 2.81. The summed E-state index contributed by atoms with van der Waals surface area (Å²) < 4.78 is 124. The zero-order chi connectivity index (χ0) is 16.3. The molecule has 1 aliphatic heterocycles. The average molecular weight is 326 g/mol. The van der Waals surface area contributed by atoms with Crippen molar-refractivity contribution in [1.82, 2.24) is 0 Å². The SMILES string of the molecule is FC(F)=C(F)F.FC1=C(C(F)(F)F)C(C(F)(F)F)OO1. The Hall–Kier alpha value is -1.53. The predicted octanol–water partition coefficient (Wildman–Crippen LogP) is 4.61. The van der Waals surface area contributed by atoms with Crippen molar-refractivity contribution in [1.29, 1.82) is 0 Å². The van der Waals surface area contributed by atoms with E-state index in [1.54, 1.807) is 0 Å². The Labute approximate surface area is 102 Å². The summed E-state index contributed by atoms with van der Waals surface area (Å²) in [5.41, 5.74) is -2.51. The quantitative estimate of drug-likeness (QED) is 0.478. The number of rotatable bonds is 0. The maximum Gasteiger partial charge on any atom is 0.423 e. The Kier molecular flexibility index (Phi) is 5.80. The topological polar surface area (TPSA) is 18.5 Å². The molecular weight excluding hydrogens is 325 g/mol. The third-order valence-electron chi connectivity index (χ3n) is 1.44. The average Bonchev–Trinajstić information content (AvgIpc) is 2.59. The Morgan fingerprint density at radius 2 is 1.25 bits per heavy atom. The Bertz CT molecular complexity index is 386. The van der Waals surface area contributed by atoms with E-state index in [0.29, 0.717) is 0 Å². The van der Waals surface area contributed by atoms with Crippen LogP contribution in [0.2, 0.25) is 0 Å². The minimum Gasteiger partial charge on any atom is -0.305 e. The molecule has 0 radical (unpaired) electrons. The molecule has 13 heteroatoms. The molecule has 0 aromatic heterocycles. The molecule has 1 rings (SSSR count). The third kappa shape index (κ3) is 5.22. The minimum absolute atomic E-state index is 2.42. The first-order valence-electron chi connectivity index (χ1n) is 4.01. The first-order chi connectivity index (χ1) is 8.78. The molecule has 0 saturated carbocycles. The molecule has 20 heavy (non-hydrogen) atoms. The van der Waals surface area contributed by atoms with Crippen molar-refractivity contribution in [2.24, 2.45) is 0 Å². The second kappa shape index (κ2) is 6.28. The number of alkyl halides is 6. The fourth-order valence-electron chi connectivity index (χ4n) is 0.765. The standard InChI is InChI=1S/C5HF7O2.C2F4/c6-3-1(4(7,8)9)2(13-14-3)5(10,11)12;3-1(4)2(5)6/h2H;. The van der Waals surface area contributed by atoms with Gasteiger partial charge in [-0.15, -0.1) is 0 Å². The van der Waals surface area contributed by atoms with E-state index in [0.717, 1.165) is 0 Å². The van der Waals surface area contributed by atoms with E-state index in [1.807, 2.05) is 0 Å². The van der Waals surface area contributed by atoms with Gasteiger partial charge in [0.2, 0.25) is 6.10 Å². The van der Waals surface area contributed by atoms with Crippen LogP contribution in [0.5, 0.6) is 0 Å². The molecule has 0 aliphatic carbocycles. The van der Waals surface area contributed by atoms with Gasteiger partial charge in [-0.05, 0) is 0 Å². The molecule has 0 amide bonds. The normalized spacial score (nSPS) is 19.2. The lowest BCUT2D eigenvalue weighted by atomic mass is 10.1. The fourth-order valence-corrected chi connectivity index (χ4v) is 0.765. The predicted molar refractivity (Wildman–Crippen MR) is 37.7 cm³/mol. The Morgan fingerprint density at radius 3 is 1.45 bits per heavy atom. The van der Waals surface area contributed by atoms with Crippen molar-refractivity contribution < 1.29 is 58.1 Å². The van der Waals surface area contributed by atoms with Gasteiger partial charge in [0.05, 0.1) is 0 Å². The van der Waals surface area contributed by atoms with Gasteiger partial charge in [0, 0.05) is 0 Å². The van der Waals surface area contributed by atoms with E-state index < -0.39 is 42.2 Å². The molecule has 0 fully saturated rings. The molecule has 0 N–H and O–H groups in total. The van der Waals surface area contributed by atoms with Crippen molar-refractivity contribution in [3.8, 4) is 0 Å². The van der Waals surface area contributed by atoms with E-state index in [2.05, 4.69) is 9.78 Å². The minimum atomic E-state index is -5.49.